The van der Waals surface area contributed by atoms with Gasteiger partial charge >= 0.3 is 5.69 Å². The lowest BCUT2D eigenvalue weighted by Crippen LogP contribution is -2.54. The first-order valence-corrected chi connectivity index (χ1v) is 10.9. The Kier molecular flexibility index (Phi) is 6.97. The first-order valence-electron chi connectivity index (χ1n) is 10.2. The number of nitrogens with zero attached hydrogens (tertiary/aromatic N) is 5. The molecule has 3 aromatic rings. The molecule has 36 heavy (non-hydrogen) atoms. The fraction of sp³-hybridized carbons (Fsp3) is 0.0435. The van der Waals surface area contributed by atoms with Crippen LogP contribution < -0.4 is 5.01 Å². The summed E-state index contributed by atoms with van der Waals surface area (Å²) in [4.78, 5) is 39.3. The van der Waals surface area contributed by atoms with E-state index < -0.39 is 33.9 Å². The zero-order valence-corrected chi connectivity index (χ0v) is 19.6. The van der Waals surface area contributed by atoms with Crippen molar-refractivity contribution in [2.45, 2.75) is 0 Å². The Morgan fingerprint density at radius 1 is 0.972 bits per heavy atom. The predicted molar refractivity (Wildman–Crippen MR) is 134 cm³/mol. The van der Waals surface area contributed by atoms with Crippen LogP contribution in [0.3, 0.4) is 0 Å². The number of hydrazine groups is 1. The molecule has 0 aliphatic carbocycles. The molecule has 0 saturated carbocycles. The van der Waals surface area contributed by atoms with E-state index in [1.54, 1.807) is 42.5 Å². The van der Waals surface area contributed by atoms with Crippen LogP contribution in [0, 0.1) is 20.2 Å². The molecule has 1 aliphatic heterocycles. The van der Waals surface area contributed by atoms with E-state index in [-0.39, 0.29) is 22.2 Å². The van der Waals surface area contributed by atoms with Crippen LogP contribution in [0.2, 0.25) is 10.0 Å². The Bertz CT molecular complexity index is 1440. The minimum absolute atomic E-state index is 0.0533. The fourth-order valence-electron chi connectivity index (χ4n) is 3.50. The number of aliphatic imine (C=N–C) groups is 1. The zero-order chi connectivity index (χ0) is 26.0. The zero-order valence-electron chi connectivity index (χ0n) is 18.1. The molecule has 0 radical (unpaired) electrons. The number of hydrogen-bond acceptors (Lipinski definition) is 8. The molecular formula is C23H15Cl2N5O6. The molecule has 13 heteroatoms. The highest BCUT2D eigenvalue weighted by molar-refractivity contribution is 6.35. The number of non-ortho nitro benzene ring substituents is 1. The SMILES string of the molecule is O=C1/C(=C\c2ccc(Cl)cc2Cl)N=C(c2ccccc2)N(c2ccc([N+](=O)[O-])cc2[N+](=O)[O-])N1CO. The van der Waals surface area contributed by atoms with Crippen LogP contribution in [-0.2, 0) is 4.79 Å². The molecule has 1 amide bonds. The quantitative estimate of drug-likeness (QED) is 0.275. The first kappa shape index (κ1) is 24.8. The molecule has 0 atom stereocenters. The monoisotopic (exact) mass is 527 g/mol. The minimum Gasteiger partial charge on any atom is -0.374 e. The van der Waals surface area contributed by atoms with Gasteiger partial charge in [-0.15, -0.1) is 0 Å². The number of aliphatic hydroxyl groups is 1. The molecule has 0 bridgehead atoms. The average Bonchev–Trinajstić information content (AvgIpc) is 2.86. The van der Waals surface area contributed by atoms with Crippen molar-refractivity contribution < 1.29 is 19.7 Å². The number of aliphatic hydroxyl groups excluding tert-OH is 1. The van der Waals surface area contributed by atoms with Gasteiger partial charge in [0, 0.05) is 21.7 Å². The normalized spacial score (nSPS) is 14.7. The number of amidine groups is 1. The Hall–Kier alpha value is -4.32. The average molecular weight is 528 g/mol. The van der Waals surface area contributed by atoms with Gasteiger partial charge in [0.25, 0.3) is 11.6 Å². The van der Waals surface area contributed by atoms with Crippen LogP contribution in [0.15, 0.2) is 77.4 Å². The molecule has 0 saturated heterocycles. The van der Waals surface area contributed by atoms with Gasteiger partial charge in [-0.1, -0.05) is 59.6 Å². The topological polar surface area (TPSA) is 142 Å². The van der Waals surface area contributed by atoms with E-state index >= 15 is 0 Å². The van der Waals surface area contributed by atoms with Gasteiger partial charge in [0.2, 0.25) is 0 Å². The lowest BCUT2D eigenvalue weighted by Gasteiger charge is -2.38. The Labute approximate surface area is 213 Å². The molecule has 0 spiro atoms. The Morgan fingerprint density at radius 2 is 1.69 bits per heavy atom. The number of rotatable bonds is 6. The Morgan fingerprint density at radius 3 is 2.31 bits per heavy atom. The van der Waals surface area contributed by atoms with E-state index in [0.717, 1.165) is 28.2 Å². The number of nitro groups is 2. The molecule has 182 valence electrons. The van der Waals surface area contributed by atoms with Gasteiger partial charge in [0.1, 0.15) is 18.1 Å². The maximum absolute atomic E-state index is 13.4. The second kappa shape index (κ2) is 10.1. The standard InChI is InChI=1S/C23H15Cl2N5O6/c24-16-7-6-15(18(25)11-16)10-19-23(32)27(13-31)28(22(26-19)14-4-2-1-3-5-14)20-9-8-17(29(33)34)12-21(20)30(35)36/h1-12,31H,13H2/b19-10+. The molecule has 3 aromatic carbocycles. The maximum atomic E-state index is 13.4. The van der Waals surface area contributed by atoms with Crippen molar-refractivity contribution in [2.75, 3.05) is 11.7 Å². The number of amides is 1. The summed E-state index contributed by atoms with van der Waals surface area (Å²) in [7, 11) is 0. The van der Waals surface area contributed by atoms with Crippen LogP contribution >= 0.6 is 23.2 Å². The van der Waals surface area contributed by atoms with Gasteiger partial charge in [-0.25, -0.2) is 15.0 Å². The number of benzene rings is 3. The number of anilines is 1. The lowest BCUT2D eigenvalue weighted by atomic mass is 10.1. The molecule has 0 unspecified atom stereocenters. The number of nitro benzene ring substituents is 2. The third-order valence-corrected chi connectivity index (χ3v) is 5.70. The molecule has 1 heterocycles. The number of carbonyl (C=O) groups excluding carboxylic acids is 1. The maximum Gasteiger partial charge on any atom is 0.301 e. The van der Waals surface area contributed by atoms with Gasteiger partial charge < -0.3 is 5.11 Å². The van der Waals surface area contributed by atoms with E-state index in [4.69, 9.17) is 23.2 Å². The molecule has 4 rings (SSSR count). The molecule has 0 fully saturated rings. The summed E-state index contributed by atoms with van der Waals surface area (Å²) in [5.74, 6) is -0.742. The van der Waals surface area contributed by atoms with Crippen molar-refractivity contribution in [1.29, 1.82) is 0 Å². The molecule has 1 aliphatic rings. The van der Waals surface area contributed by atoms with Gasteiger partial charge in [-0.3, -0.25) is 25.0 Å². The third kappa shape index (κ3) is 4.75. The van der Waals surface area contributed by atoms with Crippen molar-refractivity contribution in [3.05, 3.63) is 114 Å². The summed E-state index contributed by atoms with van der Waals surface area (Å²) < 4.78 is 0. The second-order valence-corrected chi connectivity index (χ2v) is 8.19. The van der Waals surface area contributed by atoms with Crippen LogP contribution in [0.5, 0.6) is 0 Å². The minimum atomic E-state index is -0.884. The van der Waals surface area contributed by atoms with Crippen LogP contribution in [-0.4, -0.2) is 38.4 Å². The van der Waals surface area contributed by atoms with E-state index in [1.807, 2.05) is 0 Å². The summed E-state index contributed by atoms with van der Waals surface area (Å²) >= 11 is 12.2. The highest BCUT2D eigenvalue weighted by Crippen LogP contribution is 2.36. The molecule has 1 N–H and O–H groups in total. The number of carbonyl (C=O) groups is 1. The van der Waals surface area contributed by atoms with Crippen molar-refractivity contribution in [2.24, 2.45) is 4.99 Å². The lowest BCUT2D eigenvalue weighted by molar-refractivity contribution is -0.393. The van der Waals surface area contributed by atoms with Crippen molar-refractivity contribution >= 4 is 58.1 Å². The number of hydrogen-bond donors (Lipinski definition) is 1. The molecule has 11 nitrogen and oxygen atoms in total. The Balaban J connectivity index is 1.97. The van der Waals surface area contributed by atoms with Crippen LogP contribution in [0.25, 0.3) is 6.08 Å². The van der Waals surface area contributed by atoms with Crippen molar-refractivity contribution in [3.8, 4) is 0 Å². The summed E-state index contributed by atoms with van der Waals surface area (Å²) in [6, 6.07) is 16.0. The first-order chi connectivity index (χ1) is 17.2. The van der Waals surface area contributed by atoms with Gasteiger partial charge in [-0.05, 0) is 29.8 Å². The van der Waals surface area contributed by atoms with Crippen LogP contribution in [0.1, 0.15) is 11.1 Å². The third-order valence-electron chi connectivity index (χ3n) is 5.14. The summed E-state index contributed by atoms with van der Waals surface area (Å²) in [6.07, 6.45) is 1.40. The van der Waals surface area contributed by atoms with Gasteiger partial charge in [-0.2, -0.15) is 0 Å². The summed E-state index contributed by atoms with van der Waals surface area (Å²) in [6.45, 7) is -0.884. The summed E-state index contributed by atoms with van der Waals surface area (Å²) in [5.41, 5.74) is -0.627. The van der Waals surface area contributed by atoms with Crippen molar-refractivity contribution in [3.63, 3.8) is 0 Å². The largest absolute Gasteiger partial charge is 0.374 e. The van der Waals surface area contributed by atoms with E-state index in [0.29, 0.717) is 16.1 Å². The van der Waals surface area contributed by atoms with Crippen LogP contribution in [0.4, 0.5) is 17.1 Å². The van der Waals surface area contributed by atoms with E-state index in [1.165, 1.54) is 12.1 Å². The number of halogens is 2. The molecule has 0 aromatic heterocycles. The van der Waals surface area contributed by atoms with Crippen molar-refractivity contribution in [1.82, 2.24) is 5.01 Å². The summed E-state index contributed by atoms with van der Waals surface area (Å²) in [5, 5.41) is 35.7. The smallest absolute Gasteiger partial charge is 0.301 e. The second-order valence-electron chi connectivity index (χ2n) is 7.34. The van der Waals surface area contributed by atoms with Gasteiger partial charge in [0.05, 0.1) is 15.9 Å². The van der Waals surface area contributed by atoms with E-state index in [2.05, 4.69) is 4.99 Å². The van der Waals surface area contributed by atoms with E-state index in [9.17, 15) is 30.1 Å². The predicted octanol–water partition coefficient (Wildman–Crippen LogP) is 4.81. The highest BCUT2D eigenvalue weighted by Gasteiger charge is 2.38. The van der Waals surface area contributed by atoms with Gasteiger partial charge in [0.15, 0.2) is 5.84 Å². The fourth-order valence-corrected chi connectivity index (χ4v) is 3.97. The highest BCUT2D eigenvalue weighted by atomic mass is 35.5. The molecular weight excluding hydrogens is 513 g/mol.